The molecule has 0 atom stereocenters. The SMILES string of the molecule is CC[N+](C)(CC)CCOC.[I-]. The Morgan fingerprint density at radius 2 is 1.64 bits per heavy atom. The zero-order chi connectivity index (χ0) is 8.04. The van der Waals surface area contributed by atoms with Gasteiger partial charge in [-0.2, -0.15) is 0 Å². The molecule has 0 spiro atoms. The van der Waals surface area contributed by atoms with Crippen LogP contribution in [0.15, 0.2) is 0 Å². The Morgan fingerprint density at radius 1 is 1.18 bits per heavy atom. The molecule has 0 bridgehead atoms. The monoisotopic (exact) mass is 273 g/mol. The van der Waals surface area contributed by atoms with Gasteiger partial charge in [-0.1, -0.05) is 0 Å². The Morgan fingerprint density at radius 3 is 1.91 bits per heavy atom. The number of likely N-dealkylation sites (N-methyl/N-ethyl adjacent to an activating group) is 1. The zero-order valence-corrected chi connectivity index (χ0v) is 10.2. The summed E-state index contributed by atoms with van der Waals surface area (Å²) in [4.78, 5) is 0. The van der Waals surface area contributed by atoms with Crippen LogP contribution in [0.1, 0.15) is 13.8 Å². The Balaban J connectivity index is 0. The van der Waals surface area contributed by atoms with Gasteiger partial charge < -0.3 is 33.2 Å². The van der Waals surface area contributed by atoms with Crippen molar-refractivity contribution < 1.29 is 33.2 Å². The third-order valence-corrected chi connectivity index (χ3v) is 2.36. The zero-order valence-electron chi connectivity index (χ0n) is 8.06. The highest BCUT2D eigenvalue weighted by Crippen LogP contribution is 1.99. The Hall–Kier alpha value is 0.650. The van der Waals surface area contributed by atoms with Crippen LogP contribution in [0.5, 0.6) is 0 Å². The van der Waals surface area contributed by atoms with Crippen molar-refractivity contribution >= 4 is 0 Å². The minimum absolute atomic E-state index is 0. The standard InChI is InChI=1S/C8H20NO.HI/c1-5-9(3,6-2)7-8-10-4;/h5-8H2,1-4H3;1H/q+1;/p-1. The molecule has 70 valence electrons. The summed E-state index contributed by atoms with van der Waals surface area (Å²) in [6, 6.07) is 0. The number of halogens is 1. The molecule has 0 aliphatic carbocycles. The second-order valence-electron chi connectivity index (χ2n) is 2.97. The first-order valence-corrected chi connectivity index (χ1v) is 4.01. The van der Waals surface area contributed by atoms with Gasteiger partial charge in [0, 0.05) is 7.11 Å². The van der Waals surface area contributed by atoms with Gasteiger partial charge in [0.1, 0.15) is 6.54 Å². The van der Waals surface area contributed by atoms with Gasteiger partial charge in [-0.05, 0) is 13.8 Å². The highest BCUT2D eigenvalue weighted by Gasteiger charge is 2.14. The molecule has 0 aliphatic heterocycles. The molecule has 11 heavy (non-hydrogen) atoms. The highest BCUT2D eigenvalue weighted by molar-refractivity contribution is 4.32. The average Bonchev–Trinajstić information content (AvgIpc) is 2.00. The van der Waals surface area contributed by atoms with Crippen molar-refractivity contribution in [2.24, 2.45) is 0 Å². The van der Waals surface area contributed by atoms with Crippen LogP contribution in [-0.4, -0.2) is 44.9 Å². The molecule has 0 radical (unpaired) electrons. The number of nitrogens with zero attached hydrogens (tertiary/aromatic N) is 1. The van der Waals surface area contributed by atoms with Crippen LogP contribution in [0.3, 0.4) is 0 Å². The van der Waals surface area contributed by atoms with Gasteiger partial charge in [0.25, 0.3) is 0 Å². The minimum atomic E-state index is 0. The maximum atomic E-state index is 5.03. The molecule has 0 aromatic heterocycles. The lowest BCUT2D eigenvalue weighted by Gasteiger charge is -2.31. The molecule has 0 aromatic carbocycles. The maximum Gasteiger partial charge on any atom is 0.102 e. The summed E-state index contributed by atoms with van der Waals surface area (Å²) in [5.41, 5.74) is 0. The van der Waals surface area contributed by atoms with E-state index in [4.69, 9.17) is 4.74 Å². The first-order chi connectivity index (χ1) is 4.68. The summed E-state index contributed by atoms with van der Waals surface area (Å²) in [5, 5.41) is 0. The molecule has 0 saturated heterocycles. The second kappa shape index (κ2) is 7.31. The number of methoxy groups -OCH3 is 1. The van der Waals surface area contributed by atoms with E-state index < -0.39 is 0 Å². The third kappa shape index (κ3) is 5.87. The molecule has 0 N–H and O–H groups in total. The summed E-state index contributed by atoms with van der Waals surface area (Å²) in [6.45, 7) is 8.83. The molecule has 3 heteroatoms. The fourth-order valence-electron chi connectivity index (χ4n) is 0.852. The normalized spacial score (nSPS) is 10.9. The van der Waals surface area contributed by atoms with Gasteiger partial charge in [0.05, 0.1) is 26.7 Å². The van der Waals surface area contributed by atoms with E-state index in [1.165, 1.54) is 13.1 Å². The maximum absolute atomic E-state index is 5.03. The molecular weight excluding hydrogens is 253 g/mol. The smallest absolute Gasteiger partial charge is 0.102 e. The van der Waals surface area contributed by atoms with Gasteiger partial charge in [-0.3, -0.25) is 0 Å². The van der Waals surface area contributed by atoms with Crippen LogP contribution in [0.2, 0.25) is 0 Å². The Labute approximate surface area is 87.5 Å². The lowest BCUT2D eigenvalue weighted by atomic mass is 10.4. The molecule has 0 saturated carbocycles. The molecule has 0 aromatic rings. The van der Waals surface area contributed by atoms with Crippen molar-refractivity contribution in [2.75, 3.05) is 40.4 Å². The van der Waals surface area contributed by atoms with Gasteiger partial charge in [-0.25, -0.2) is 0 Å². The van der Waals surface area contributed by atoms with E-state index in [2.05, 4.69) is 20.9 Å². The third-order valence-electron chi connectivity index (χ3n) is 2.36. The molecule has 0 heterocycles. The Bertz CT molecular complexity index is 84.2. The van der Waals surface area contributed by atoms with Crippen LogP contribution in [0.25, 0.3) is 0 Å². The van der Waals surface area contributed by atoms with Crippen LogP contribution in [0.4, 0.5) is 0 Å². The summed E-state index contributed by atoms with van der Waals surface area (Å²) in [7, 11) is 4.02. The quantitative estimate of drug-likeness (QED) is 0.421. The molecule has 0 rings (SSSR count). The number of hydrogen-bond donors (Lipinski definition) is 0. The van der Waals surface area contributed by atoms with E-state index in [1.807, 2.05) is 0 Å². The van der Waals surface area contributed by atoms with Crippen molar-refractivity contribution in [1.82, 2.24) is 0 Å². The van der Waals surface area contributed by atoms with E-state index in [0.717, 1.165) is 17.6 Å². The summed E-state index contributed by atoms with van der Waals surface area (Å²) < 4.78 is 6.14. The first-order valence-electron chi connectivity index (χ1n) is 4.01. The summed E-state index contributed by atoms with van der Waals surface area (Å²) in [6.07, 6.45) is 0. The second-order valence-corrected chi connectivity index (χ2v) is 2.97. The number of ether oxygens (including phenoxy) is 1. The van der Waals surface area contributed by atoms with E-state index in [0.29, 0.717) is 0 Å². The molecule has 0 amide bonds. The van der Waals surface area contributed by atoms with Gasteiger partial charge in [0.15, 0.2) is 0 Å². The van der Waals surface area contributed by atoms with Crippen LogP contribution in [0, 0.1) is 0 Å². The van der Waals surface area contributed by atoms with Crippen molar-refractivity contribution in [3.05, 3.63) is 0 Å². The summed E-state index contributed by atoms with van der Waals surface area (Å²) >= 11 is 0. The fourth-order valence-corrected chi connectivity index (χ4v) is 0.852. The number of quaternary nitrogens is 1. The van der Waals surface area contributed by atoms with Crippen molar-refractivity contribution in [3.8, 4) is 0 Å². The van der Waals surface area contributed by atoms with Gasteiger partial charge in [0.2, 0.25) is 0 Å². The summed E-state index contributed by atoms with van der Waals surface area (Å²) in [5.74, 6) is 0. The van der Waals surface area contributed by atoms with Crippen LogP contribution in [-0.2, 0) is 4.74 Å². The van der Waals surface area contributed by atoms with Crippen LogP contribution < -0.4 is 24.0 Å². The van der Waals surface area contributed by atoms with Crippen molar-refractivity contribution in [3.63, 3.8) is 0 Å². The van der Waals surface area contributed by atoms with Crippen molar-refractivity contribution in [2.45, 2.75) is 13.8 Å². The topological polar surface area (TPSA) is 9.23 Å². The first kappa shape index (κ1) is 14.2. The van der Waals surface area contributed by atoms with Crippen LogP contribution >= 0.6 is 0 Å². The van der Waals surface area contributed by atoms with E-state index in [9.17, 15) is 0 Å². The lowest BCUT2D eigenvalue weighted by molar-refractivity contribution is -0.906. The lowest BCUT2D eigenvalue weighted by Crippen LogP contribution is -3.00. The molecule has 0 unspecified atom stereocenters. The highest BCUT2D eigenvalue weighted by atomic mass is 127. The fraction of sp³-hybridized carbons (Fsp3) is 1.00. The van der Waals surface area contributed by atoms with E-state index in [1.54, 1.807) is 7.11 Å². The molecular formula is C8H20INO. The van der Waals surface area contributed by atoms with Gasteiger partial charge in [-0.15, -0.1) is 0 Å². The number of hydrogen-bond acceptors (Lipinski definition) is 1. The number of rotatable bonds is 5. The average molecular weight is 273 g/mol. The molecule has 0 fully saturated rings. The van der Waals surface area contributed by atoms with Crippen molar-refractivity contribution in [1.29, 1.82) is 0 Å². The predicted molar refractivity (Wildman–Crippen MR) is 44.0 cm³/mol. The molecule has 2 nitrogen and oxygen atoms in total. The molecule has 0 aliphatic rings. The Kier molecular flexibility index (Phi) is 9.43. The van der Waals surface area contributed by atoms with E-state index >= 15 is 0 Å². The van der Waals surface area contributed by atoms with E-state index in [-0.39, 0.29) is 24.0 Å². The predicted octanol–water partition coefficient (Wildman–Crippen LogP) is -1.88. The minimum Gasteiger partial charge on any atom is -1.00 e. The van der Waals surface area contributed by atoms with Gasteiger partial charge >= 0.3 is 0 Å². The largest absolute Gasteiger partial charge is 1.00 e.